The highest BCUT2D eigenvalue weighted by molar-refractivity contribution is 5.96. The summed E-state index contributed by atoms with van der Waals surface area (Å²) in [6.45, 7) is 0.870. The molecule has 0 aliphatic carbocycles. The van der Waals surface area contributed by atoms with E-state index >= 15 is 0 Å². The van der Waals surface area contributed by atoms with Gasteiger partial charge in [-0.2, -0.15) is 0 Å². The van der Waals surface area contributed by atoms with Crippen molar-refractivity contribution in [2.45, 2.75) is 6.61 Å². The van der Waals surface area contributed by atoms with E-state index in [4.69, 9.17) is 14.2 Å². The molecule has 8 nitrogen and oxygen atoms in total. The zero-order chi connectivity index (χ0) is 20.4. The SMILES string of the molecule is CNC(=O)CNC(=O)c1ccc(OCCOCc2ccc(OC)cc2)c(O)c1. The number of carbonyl (C=O) groups excluding carboxylic acids is 2. The number of amides is 2. The van der Waals surface area contributed by atoms with Crippen LogP contribution >= 0.6 is 0 Å². The summed E-state index contributed by atoms with van der Waals surface area (Å²) in [6, 6.07) is 11.8. The Morgan fingerprint density at radius 1 is 1.07 bits per heavy atom. The van der Waals surface area contributed by atoms with Crippen molar-refractivity contribution in [2.24, 2.45) is 0 Å². The van der Waals surface area contributed by atoms with Crippen LogP contribution in [0.2, 0.25) is 0 Å². The fourth-order valence-corrected chi connectivity index (χ4v) is 2.25. The number of methoxy groups -OCH3 is 1. The average Bonchev–Trinajstić information content (AvgIpc) is 2.72. The molecule has 0 aromatic heterocycles. The van der Waals surface area contributed by atoms with Gasteiger partial charge in [-0.15, -0.1) is 0 Å². The van der Waals surface area contributed by atoms with Gasteiger partial charge in [-0.3, -0.25) is 9.59 Å². The molecule has 0 fully saturated rings. The van der Waals surface area contributed by atoms with E-state index < -0.39 is 5.91 Å². The van der Waals surface area contributed by atoms with E-state index in [-0.39, 0.29) is 36.1 Å². The lowest BCUT2D eigenvalue weighted by Crippen LogP contribution is -2.35. The summed E-state index contributed by atoms with van der Waals surface area (Å²) in [6.07, 6.45) is 0. The van der Waals surface area contributed by atoms with Gasteiger partial charge in [0, 0.05) is 12.6 Å². The molecule has 0 unspecified atom stereocenters. The summed E-state index contributed by atoms with van der Waals surface area (Å²) in [5.74, 6) is 0.0902. The Labute approximate surface area is 163 Å². The normalized spacial score (nSPS) is 10.2. The molecule has 3 N–H and O–H groups in total. The van der Waals surface area contributed by atoms with Crippen LogP contribution in [0.4, 0.5) is 0 Å². The minimum atomic E-state index is -0.465. The summed E-state index contributed by atoms with van der Waals surface area (Å²) >= 11 is 0. The molecular weight excluding hydrogens is 364 g/mol. The van der Waals surface area contributed by atoms with Gasteiger partial charge < -0.3 is 30.0 Å². The van der Waals surface area contributed by atoms with Gasteiger partial charge in [-0.1, -0.05) is 12.1 Å². The first-order chi connectivity index (χ1) is 13.5. The lowest BCUT2D eigenvalue weighted by molar-refractivity contribution is -0.119. The summed E-state index contributed by atoms with van der Waals surface area (Å²) in [4.78, 5) is 23.1. The Kier molecular flexibility index (Phi) is 8.11. The van der Waals surface area contributed by atoms with Gasteiger partial charge in [0.25, 0.3) is 5.91 Å². The number of rotatable bonds is 10. The van der Waals surface area contributed by atoms with Crippen LogP contribution in [0, 0.1) is 0 Å². The Morgan fingerprint density at radius 2 is 1.82 bits per heavy atom. The number of hydrogen-bond donors (Lipinski definition) is 3. The molecule has 28 heavy (non-hydrogen) atoms. The van der Waals surface area contributed by atoms with Gasteiger partial charge >= 0.3 is 0 Å². The van der Waals surface area contributed by atoms with E-state index in [0.29, 0.717) is 13.2 Å². The van der Waals surface area contributed by atoms with Crippen LogP contribution in [0.25, 0.3) is 0 Å². The molecule has 0 bridgehead atoms. The average molecular weight is 388 g/mol. The molecule has 0 aliphatic heterocycles. The van der Waals surface area contributed by atoms with Crippen molar-refractivity contribution < 1.29 is 28.9 Å². The predicted octanol–water partition coefficient (Wildman–Crippen LogP) is 1.47. The van der Waals surface area contributed by atoms with Gasteiger partial charge in [0.15, 0.2) is 11.5 Å². The number of ether oxygens (including phenoxy) is 3. The monoisotopic (exact) mass is 388 g/mol. The zero-order valence-corrected chi connectivity index (χ0v) is 15.9. The standard InChI is InChI=1S/C20H24N2O6/c1-21-19(24)12-22-20(25)15-5-8-18(17(23)11-15)28-10-9-27-13-14-3-6-16(26-2)7-4-14/h3-8,11,23H,9-10,12-13H2,1-2H3,(H,21,24)(H,22,25). The fourth-order valence-electron chi connectivity index (χ4n) is 2.25. The molecule has 0 aliphatic rings. The van der Waals surface area contributed by atoms with Crippen LogP contribution in [-0.2, 0) is 16.1 Å². The number of nitrogens with one attached hydrogen (secondary N) is 2. The maximum atomic E-state index is 11.9. The molecule has 2 amide bonds. The van der Waals surface area contributed by atoms with E-state index in [9.17, 15) is 14.7 Å². The molecule has 150 valence electrons. The molecule has 0 saturated carbocycles. The molecule has 0 spiro atoms. The zero-order valence-electron chi connectivity index (χ0n) is 15.9. The highest BCUT2D eigenvalue weighted by Crippen LogP contribution is 2.26. The van der Waals surface area contributed by atoms with Crippen molar-refractivity contribution in [3.05, 3.63) is 53.6 Å². The smallest absolute Gasteiger partial charge is 0.251 e. The second-order valence-corrected chi connectivity index (χ2v) is 5.79. The second-order valence-electron chi connectivity index (χ2n) is 5.79. The van der Waals surface area contributed by atoms with Gasteiger partial charge in [0.05, 0.1) is 26.9 Å². The molecule has 2 aromatic rings. The quantitative estimate of drug-likeness (QED) is 0.532. The van der Waals surface area contributed by atoms with Crippen LogP contribution in [0.3, 0.4) is 0 Å². The Hall–Kier alpha value is -3.26. The minimum absolute atomic E-state index is 0.139. The van der Waals surface area contributed by atoms with Crippen molar-refractivity contribution in [3.63, 3.8) is 0 Å². The van der Waals surface area contributed by atoms with Crippen LogP contribution in [0.5, 0.6) is 17.2 Å². The molecule has 0 atom stereocenters. The predicted molar refractivity (Wildman–Crippen MR) is 103 cm³/mol. The molecule has 2 rings (SSSR count). The molecule has 0 heterocycles. The largest absolute Gasteiger partial charge is 0.504 e. The van der Waals surface area contributed by atoms with Crippen LogP contribution in [0.15, 0.2) is 42.5 Å². The number of benzene rings is 2. The first-order valence-corrected chi connectivity index (χ1v) is 8.68. The van der Waals surface area contributed by atoms with Gasteiger partial charge in [0.1, 0.15) is 12.4 Å². The van der Waals surface area contributed by atoms with E-state index in [1.54, 1.807) is 7.11 Å². The number of likely N-dealkylation sites (N-methyl/N-ethyl adjacent to an activating group) is 1. The van der Waals surface area contributed by atoms with Crippen molar-refractivity contribution in [3.8, 4) is 17.2 Å². The lowest BCUT2D eigenvalue weighted by Gasteiger charge is -2.10. The molecular formula is C20H24N2O6. The molecule has 0 radical (unpaired) electrons. The Bertz CT molecular complexity index is 792. The number of hydrogen-bond acceptors (Lipinski definition) is 6. The number of phenolic OH excluding ortho intramolecular Hbond substituents is 1. The topological polar surface area (TPSA) is 106 Å². The minimum Gasteiger partial charge on any atom is -0.504 e. The van der Waals surface area contributed by atoms with Gasteiger partial charge in [-0.25, -0.2) is 0 Å². The van der Waals surface area contributed by atoms with Gasteiger partial charge in [-0.05, 0) is 35.9 Å². The summed E-state index contributed by atoms with van der Waals surface area (Å²) in [7, 11) is 3.09. The maximum absolute atomic E-state index is 11.9. The number of phenols is 1. The summed E-state index contributed by atoms with van der Waals surface area (Å²) in [5.41, 5.74) is 1.24. The van der Waals surface area contributed by atoms with Crippen LogP contribution in [-0.4, -0.2) is 50.8 Å². The van der Waals surface area contributed by atoms with Gasteiger partial charge in [0.2, 0.25) is 5.91 Å². The van der Waals surface area contributed by atoms with E-state index in [2.05, 4.69) is 10.6 Å². The maximum Gasteiger partial charge on any atom is 0.251 e. The molecule has 0 saturated heterocycles. The third-order valence-corrected chi connectivity index (χ3v) is 3.82. The first kappa shape index (κ1) is 21.0. The van der Waals surface area contributed by atoms with Crippen LogP contribution < -0.4 is 20.1 Å². The third kappa shape index (κ3) is 6.48. The first-order valence-electron chi connectivity index (χ1n) is 8.68. The van der Waals surface area contributed by atoms with Crippen molar-refractivity contribution in [1.82, 2.24) is 10.6 Å². The van der Waals surface area contributed by atoms with Crippen molar-refractivity contribution >= 4 is 11.8 Å². The van der Waals surface area contributed by atoms with E-state index in [1.807, 2.05) is 24.3 Å². The number of aromatic hydroxyl groups is 1. The Balaban J connectivity index is 1.74. The molecule has 8 heteroatoms. The van der Waals surface area contributed by atoms with Crippen molar-refractivity contribution in [1.29, 1.82) is 0 Å². The van der Waals surface area contributed by atoms with Crippen molar-refractivity contribution in [2.75, 3.05) is 33.9 Å². The highest BCUT2D eigenvalue weighted by atomic mass is 16.5. The molecule has 2 aromatic carbocycles. The summed E-state index contributed by atoms with van der Waals surface area (Å²) in [5, 5.41) is 14.9. The van der Waals surface area contributed by atoms with E-state index in [1.165, 1.54) is 25.2 Å². The number of carbonyl (C=O) groups is 2. The Morgan fingerprint density at radius 3 is 2.46 bits per heavy atom. The third-order valence-electron chi connectivity index (χ3n) is 3.82. The lowest BCUT2D eigenvalue weighted by atomic mass is 10.2. The highest BCUT2D eigenvalue weighted by Gasteiger charge is 2.11. The second kappa shape index (κ2) is 10.8. The van der Waals surface area contributed by atoms with E-state index in [0.717, 1.165) is 11.3 Å². The van der Waals surface area contributed by atoms with Crippen LogP contribution in [0.1, 0.15) is 15.9 Å². The summed E-state index contributed by atoms with van der Waals surface area (Å²) < 4.78 is 16.1. The fraction of sp³-hybridized carbons (Fsp3) is 0.300.